The van der Waals surface area contributed by atoms with Crippen molar-refractivity contribution in [1.82, 2.24) is 5.06 Å². The molecule has 1 aliphatic heterocycles. The Hall–Kier alpha value is -2.46. The zero-order valence-electron chi connectivity index (χ0n) is 12.8. The smallest absolute Gasteiger partial charge is 0.266 e. The molecule has 0 fully saturated rings. The molecule has 0 saturated carbocycles. The number of carbonyl (C=O) groups is 2. The first-order valence-corrected chi connectivity index (χ1v) is 8.29. The minimum Gasteiger partial charge on any atom is -0.266 e. The number of alkyl halides is 3. The number of aryl methyl sites for hydroxylation is 2. The fourth-order valence-electron chi connectivity index (χ4n) is 2.68. The van der Waals surface area contributed by atoms with Crippen LogP contribution in [0.3, 0.4) is 0 Å². The largest absolute Gasteiger partial charge is 0.525 e. The van der Waals surface area contributed by atoms with E-state index in [4.69, 9.17) is 0 Å². The van der Waals surface area contributed by atoms with Gasteiger partial charge in [0.15, 0.2) is 0 Å². The number of carbonyl (C=O) groups excluding carboxylic acids is 2. The zero-order chi connectivity index (χ0) is 18.7. The number of imide groups is 1. The molecular weight excluding hydrogens is 363 g/mol. The lowest BCUT2D eigenvalue weighted by molar-refractivity contribution is -0.0761. The molecule has 132 valence electrons. The summed E-state index contributed by atoms with van der Waals surface area (Å²) < 4.78 is 64.0. The number of hydrogen-bond acceptors (Lipinski definition) is 5. The van der Waals surface area contributed by atoms with E-state index in [0.717, 1.165) is 0 Å². The molecule has 0 spiro atoms. The first-order chi connectivity index (χ1) is 11.5. The maximum absolute atomic E-state index is 12.6. The standard InChI is InChI=1S/C15H10F3NO5S/c1-7-3-5-9-6-4-8(2)11-12(9)10(7)13(20)19(14(11)21)24-25(22,23)15(16,17)18/h3-6H,1-2H3. The third-order valence-electron chi connectivity index (χ3n) is 3.86. The normalized spacial score (nSPS) is 15.2. The molecule has 0 aromatic heterocycles. The van der Waals surface area contributed by atoms with Gasteiger partial charge in [-0.3, -0.25) is 9.59 Å². The van der Waals surface area contributed by atoms with Crippen LogP contribution in [0, 0.1) is 13.8 Å². The molecule has 6 nitrogen and oxygen atoms in total. The summed E-state index contributed by atoms with van der Waals surface area (Å²) in [7, 11) is -6.18. The summed E-state index contributed by atoms with van der Waals surface area (Å²) in [5.74, 6) is -2.53. The van der Waals surface area contributed by atoms with Crippen LogP contribution >= 0.6 is 0 Å². The van der Waals surface area contributed by atoms with Gasteiger partial charge in [0.05, 0.1) is 11.1 Å². The molecule has 1 heterocycles. The van der Waals surface area contributed by atoms with Crippen molar-refractivity contribution in [2.45, 2.75) is 19.4 Å². The van der Waals surface area contributed by atoms with Crippen LogP contribution in [0.1, 0.15) is 31.8 Å². The number of halogens is 3. The van der Waals surface area contributed by atoms with Gasteiger partial charge in [-0.05, 0) is 30.4 Å². The summed E-state index contributed by atoms with van der Waals surface area (Å²) in [5.41, 5.74) is -5.19. The van der Waals surface area contributed by atoms with E-state index in [9.17, 15) is 31.2 Å². The zero-order valence-corrected chi connectivity index (χ0v) is 13.7. The number of rotatable bonds is 2. The summed E-state index contributed by atoms with van der Waals surface area (Å²) >= 11 is 0. The summed E-state index contributed by atoms with van der Waals surface area (Å²) in [6.07, 6.45) is 0. The number of amides is 2. The Labute approximate surface area is 139 Å². The highest BCUT2D eigenvalue weighted by Crippen LogP contribution is 2.36. The Morgan fingerprint density at radius 1 is 0.920 bits per heavy atom. The van der Waals surface area contributed by atoms with E-state index < -0.39 is 27.4 Å². The number of nitrogens with zero attached hydrogens (tertiary/aromatic N) is 1. The Bertz CT molecular complexity index is 987. The molecule has 10 heteroatoms. The Balaban J connectivity index is 2.26. The van der Waals surface area contributed by atoms with Crippen molar-refractivity contribution in [1.29, 1.82) is 0 Å². The van der Waals surface area contributed by atoms with E-state index in [1.807, 2.05) is 0 Å². The second kappa shape index (κ2) is 5.27. The molecule has 0 unspecified atom stereocenters. The first-order valence-electron chi connectivity index (χ1n) is 6.88. The molecule has 2 amide bonds. The lowest BCUT2D eigenvalue weighted by atomic mass is 9.89. The van der Waals surface area contributed by atoms with Crippen LogP contribution in [0.5, 0.6) is 0 Å². The number of hydroxylamine groups is 2. The van der Waals surface area contributed by atoms with E-state index in [-0.39, 0.29) is 21.6 Å². The van der Waals surface area contributed by atoms with Crippen molar-refractivity contribution in [2.24, 2.45) is 0 Å². The van der Waals surface area contributed by atoms with Crippen LogP contribution in [0.2, 0.25) is 0 Å². The summed E-state index contributed by atoms with van der Waals surface area (Å²) in [5, 5.41) is 0.445. The van der Waals surface area contributed by atoms with Crippen molar-refractivity contribution >= 4 is 32.7 Å². The fraction of sp³-hybridized carbons (Fsp3) is 0.200. The molecule has 0 radical (unpaired) electrons. The Morgan fingerprint density at radius 3 is 1.76 bits per heavy atom. The van der Waals surface area contributed by atoms with Gasteiger partial charge in [-0.25, -0.2) is 0 Å². The fourth-order valence-corrected chi connectivity index (χ4v) is 3.10. The van der Waals surface area contributed by atoms with Crippen LogP contribution < -0.4 is 0 Å². The van der Waals surface area contributed by atoms with Crippen LogP contribution in [0.25, 0.3) is 10.8 Å². The molecule has 0 saturated heterocycles. The molecule has 0 atom stereocenters. The van der Waals surface area contributed by atoms with Crippen molar-refractivity contribution < 1.29 is 35.5 Å². The molecular formula is C15H10F3NO5S. The third-order valence-corrected chi connectivity index (χ3v) is 4.77. The van der Waals surface area contributed by atoms with Crippen molar-refractivity contribution in [3.05, 3.63) is 46.5 Å². The minimum atomic E-state index is -6.18. The van der Waals surface area contributed by atoms with Crippen molar-refractivity contribution in [2.75, 3.05) is 0 Å². The molecule has 1 aliphatic rings. The molecule has 0 N–H and O–H groups in total. The summed E-state index contributed by atoms with van der Waals surface area (Å²) in [6.45, 7) is 3.04. The van der Waals surface area contributed by atoms with Crippen molar-refractivity contribution in [3.63, 3.8) is 0 Å². The third kappa shape index (κ3) is 2.48. The maximum Gasteiger partial charge on any atom is 0.525 e. The van der Waals surface area contributed by atoms with Crippen LogP contribution in [-0.4, -0.2) is 30.8 Å². The predicted octanol–water partition coefficient (Wildman–Crippen LogP) is 2.83. The lowest BCUT2D eigenvalue weighted by Crippen LogP contribution is -2.44. The van der Waals surface area contributed by atoms with Gasteiger partial charge in [0.25, 0.3) is 11.8 Å². The lowest BCUT2D eigenvalue weighted by Gasteiger charge is -2.27. The topological polar surface area (TPSA) is 80.8 Å². The van der Waals surface area contributed by atoms with E-state index in [0.29, 0.717) is 16.5 Å². The molecule has 3 rings (SSSR count). The van der Waals surface area contributed by atoms with Gasteiger partial charge in [-0.1, -0.05) is 24.3 Å². The van der Waals surface area contributed by atoms with Gasteiger partial charge in [0, 0.05) is 5.39 Å². The van der Waals surface area contributed by atoms with E-state index in [2.05, 4.69) is 4.28 Å². The highest BCUT2D eigenvalue weighted by molar-refractivity contribution is 7.87. The van der Waals surface area contributed by atoms with Crippen molar-refractivity contribution in [3.8, 4) is 0 Å². The highest BCUT2D eigenvalue weighted by Gasteiger charge is 2.51. The average molecular weight is 373 g/mol. The second-order valence-corrected chi connectivity index (χ2v) is 7.01. The summed E-state index contributed by atoms with van der Waals surface area (Å²) in [6, 6.07) is 6.39. The summed E-state index contributed by atoms with van der Waals surface area (Å²) in [4.78, 5) is 25.0. The second-order valence-electron chi connectivity index (χ2n) is 5.49. The van der Waals surface area contributed by atoms with Gasteiger partial charge in [0.1, 0.15) is 0 Å². The van der Waals surface area contributed by atoms with E-state index in [1.165, 1.54) is 13.8 Å². The van der Waals surface area contributed by atoms with Gasteiger partial charge in [-0.2, -0.15) is 21.6 Å². The quantitative estimate of drug-likeness (QED) is 0.597. The van der Waals surface area contributed by atoms with Gasteiger partial charge < -0.3 is 0 Å². The minimum absolute atomic E-state index is 0.0758. The molecule has 0 aliphatic carbocycles. The Kier molecular flexibility index (Phi) is 3.66. The monoisotopic (exact) mass is 373 g/mol. The van der Waals surface area contributed by atoms with Crippen LogP contribution in [-0.2, 0) is 14.4 Å². The predicted molar refractivity (Wildman–Crippen MR) is 80.0 cm³/mol. The highest BCUT2D eigenvalue weighted by atomic mass is 32.2. The van der Waals surface area contributed by atoms with Crippen LogP contribution in [0.4, 0.5) is 13.2 Å². The van der Waals surface area contributed by atoms with Crippen LogP contribution in [0.15, 0.2) is 24.3 Å². The number of hydrogen-bond donors (Lipinski definition) is 0. The number of benzene rings is 2. The van der Waals surface area contributed by atoms with Gasteiger partial charge in [0.2, 0.25) is 0 Å². The molecule has 25 heavy (non-hydrogen) atoms. The first kappa shape index (κ1) is 17.4. The van der Waals surface area contributed by atoms with Gasteiger partial charge >= 0.3 is 15.6 Å². The SMILES string of the molecule is Cc1ccc2ccc(C)c3c2c1C(=O)N(OS(=O)(=O)C(F)(F)F)C3=O. The molecule has 2 aromatic carbocycles. The Morgan fingerprint density at radius 2 is 1.36 bits per heavy atom. The van der Waals surface area contributed by atoms with Gasteiger partial charge in [-0.15, -0.1) is 9.35 Å². The molecule has 2 aromatic rings. The molecule has 0 bridgehead atoms. The average Bonchev–Trinajstić information content (AvgIpc) is 2.49. The van der Waals surface area contributed by atoms with E-state index in [1.54, 1.807) is 24.3 Å². The van der Waals surface area contributed by atoms with E-state index >= 15 is 0 Å². The maximum atomic E-state index is 12.6.